The first kappa shape index (κ1) is 17.0. The summed E-state index contributed by atoms with van der Waals surface area (Å²) < 4.78 is 7.81. The van der Waals surface area contributed by atoms with Crippen LogP contribution in [0.4, 0.5) is 0 Å². The van der Waals surface area contributed by atoms with Crippen LogP contribution in [0.3, 0.4) is 0 Å². The summed E-state index contributed by atoms with van der Waals surface area (Å²) in [4.78, 5) is 14.2. The van der Waals surface area contributed by atoms with Crippen LogP contribution >= 0.6 is 11.8 Å². The van der Waals surface area contributed by atoms with Gasteiger partial charge in [-0.2, -0.15) is 0 Å². The summed E-state index contributed by atoms with van der Waals surface area (Å²) in [5, 5.41) is 4.64. The van der Waals surface area contributed by atoms with Gasteiger partial charge < -0.3 is 14.6 Å². The van der Waals surface area contributed by atoms with Gasteiger partial charge in [-0.15, -0.1) is 11.8 Å². The minimum atomic E-state index is -0.0439. The molecule has 0 saturated heterocycles. The number of rotatable bonds is 5. The number of carbonyl (C=O) groups is 1. The van der Waals surface area contributed by atoms with E-state index in [0.29, 0.717) is 18.4 Å². The number of hydrogen-bond donors (Lipinski definition) is 1. The fraction of sp³-hybridized carbons (Fsp3) is 0.286. The van der Waals surface area contributed by atoms with Crippen molar-refractivity contribution in [3.63, 3.8) is 0 Å². The number of benzene rings is 2. The molecule has 0 fully saturated rings. The van der Waals surface area contributed by atoms with Gasteiger partial charge in [0.2, 0.25) is 0 Å². The van der Waals surface area contributed by atoms with Crippen molar-refractivity contribution >= 4 is 28.6 Å². The predicted molar refractivity (Wildman–Crippen MR) is 106 cm³/mol. The second-order valence-electron chi connectivity index (χ2n) is 6.49. The molecule has 2 heterocycles. The minimum Gasteiger partial charge on any atom is -0.494 e. The van der Waals surface area contributed by atoms with E-state index in [4.69, 9.17) is 4.74 Å². The summed E-state index contributed by atoms with van der Waals surface area (Å²) in [5.74, 6) is 0.779. The van der Waals surface area contributed by atoms with Crippen LogP contribution in [0.25, 0.3) is 10.9 Å². The molecule has 0 radical (unpaired) electrons. The fourth-order valence-electron chi connectivity index (χ4n) is 3.49. The molecular formula is C21H22N2O2S. The third-order valence-electron chi connectivity index (χ3n) is 4.60. The van der Waals surface area contributed by atoms with Crippen LogP contribution in [-0.4, -0.2) is 22.3 Å². The maximum absolute atomic E-state index is 12.9. The smallest absolute Gasteiger partial charge is 0.268 e. The summed E-state index contributed by atoms with van der Waals surface area (Å²) in [6.45, 7) is 6.07. The molecule has 2 aromatic carbocycles. The molecule has 1 unspecified atom stereocenters. The molecule has 0 aliphatic carbocycles. The lowest BCUT2D eigenvalue weighted by Gasteiger charge is -2.22. The van der Waals surface area contributed by atoms with Crippen LogP contribution < -0.4 is 10.1 Å². The van der Waals surface area contributed by atoms with E-state index in [2.05, 4.69) is 35.0 Å². The highest BCUT2D eigenvalue weighted by molar-refractivity contribution is 8.00. The van der Waals surface area contributed by atoms with E-state index < -0.39 is 0 Å². The Kier molecular flexibility index (Phi) is 4.64. The number of nitrogens with zero attached hydrogens (tertiary/aromatic N) is 1. The average molecular weight is 366 g/mol. The lowest BCUT2D eigenvalue weighted by atomic mass is 10.2. The molecule has 1 aromatic heterocycles. The van der Waals surface area contributed by atoms with Gasteiger partial charge in [-0.3, -0.25) is 4.79 Å². The van der Waals surface area contributed by atoms with Gasteiger partial charge in [0.05, 0.1) is 12.1 Å². The summed E-state index contributed by atoms with van der Waals surface area (Å²) in [6.07, 6.45) is 0. The molecule has 1 atom stereocenters. The average Bonchev–Trinajstić information content (AvgIpc) is 3.01. The third-order valence-corrected chi connectivity index (χ3v) is 5.73. The van der Waals surface area contributed by atoms with Crippen molar-refractivity contribution in [2.75, 3.05) is 6.61 Å². The maximum atomic E-state index is 12.9. The molecule has 134 valence electrons. The quantitative estimate of drug-likeness (QED) is 0.725. The van der Waals surface area contributed by atoms with E-state index in [0.717, 1.165) is 28.9 Å². The first-order valence-electron chi connectivity index (χ1n) is 8.95. The number of ether oxygens (including phenoxy) is 1. The van der Waals surface area contributed by atoms with E-state index in [1.54, 1.807) is 0 Å². The van der Waals surface area contributed by atoms with Gasteiger partial charge in [0.25, 0.3) is 5.91 Å². The first-order valence-corrected chi connectivity index (χ1v) is 9.83. The highest BCUT2D eigenvalue weighted by atomic mass is 32.2. The van der Waals surface area contributed by atoms with Crippen LogP contribution in [0, 0.1) is 0 Å². The van der Waals surface area contributed by atoms with Crippen molar-refractivity contribution in [1.82, 2.24) is 9.88 Å². The monoisotopic (exact) mass is 366 g/mol. The number of hydrogen-bond acceptors (Lipinski definition) is 3. The molecule has 1 amide bonds. The van der Waals surface area contributed by atoms with Crippen molar-refractivity contribution in [3.8, 4) is 5.75 Å². The highest BCUT2D eigenvalue weighted by Gasteiger charge is 2.24. The number of aromatic nitrogens is 1. The Bertz CT molecular complexity index is 964. The second kappa shape index (κ2) is 7.08. The van der Waals surface area contributed by atoms with Gasteiger partial charge in [0, 0.05) is 34.2 Å². The second-order valence-corrected chi connectivity index (χ2v) is 7.97. The molecule has 3 aromatic rings. The van der Waals surface area contributed by atoms with Crippen LogP contribution in [0.2, 0.25) is 0 Å². The molecule has 5 heteroatoms. The number of amides is 1. The molecule has 4 nitrogen and oxygen atoms in total. The number of thioether (sulfide) groups is 1. The Labute approximate surface area is 157 Å². The van der Waals surface area contributed by atoms with Crippen molar-refractivity contribution in [2.45, 2.75) is 37.1 Å². The topological polar surface area (TPSA) is 43.3 Å². The summed E-state index contributed by atoms with van der Waals surface area (Å²) in [5.41, 5.74) is 2.89. The Morgan fingerprint density at radius 1 is 1.27 bits per heavy atom. The zero-order valence-electron chi connectivity index (χ0n) is 15.0. The number of carbonyl (C=O) groups excluding carboxylic acids is 1. The molecule has 1 aliphatic rings. The zero-order valence-corrected chi connectivity index (χ0v) is 15.8. The Morgan fingerprint density at radius 3 is 2.96 bits per heavy atom. The van der Waals surface area contributed by atoms with Crippen molar-refractivity contribution in [1.29, 1.82) is 0 Å². The Balaban J connectivity index is 1.60. The van der Waals surface area contributed by atoms with Crippen molar-refractivity contribution < 1.29 is 9.53 Å². The molecular weight excluding hydrogens is 344 g/mol. The summed E-state index contributed by atoms with van der Waals surface area (Å²) in [7, 11) is 0. The molecule has 4 rings (SSSR count). The Hall–Kier alpha value is -2.40. The molecule has 26 heavy (non-hydrogen) atoms. The standard InChI is InChI=1S/C21H22N2O2S/c1-3-25-18-9-5-4-7-16(18)12-22-21(24)17-11-15-8-6-10-19-20(15)23(17)13-14(2)26-19/h4-11,14H,3,12-13H2,1-2H3,(H,22,24). The fourth-order valence-corrected chi connectivity index (χ4v) is 4.64. The molecule has 1 aliphatic heterocycles. The summed E-state index contributed by atoms with van der Waals surface area (Å²) in [6, 6.07) is 16.1. The SMILES string of the molecule is CCOc1ccccc1CNC(=O)c1cc2cccc3c2n1CC(C)S3. The minimum absolute atomic E-state index is 0.0439. The normalized spacial score (nSPS) is 15.8. The van der Waals surface area contributed by atoms with E-state index in [1.807, 2.05) is 49.0 Å². The van der Waals surface area contributed by atoms with Crippen molar-refractivity contribution in [2.24, 2.45) is 0 Å². The molecule has 0 spiro atoms. The first-order chi connectivity index (χ1) is 12.7. The van der Waals surface area contributed by atoms with Gasteiger partial charge in [0.15, 0.2) is 0 Å². The lowest BCUT2D eigenvalue weighted by Crippen LogP contribution is -2.27. The van der Waals surface area contributed by atoms with Gasteiger partial charge in [-0.05, 0) is 25.1 Å². The predicted octanol–water partition coefficient (Wildman–Crippen LogP) is 4.46. The number of para-hydroxylation sites is 2. The van der Waals surface area contributed by atoms with E-state index >= 15 is 0 Å². The van der Waals surface area contributed by atoms with E-state index in [1.165, 1.54) is 10.4 Å². The van der Waals surface area contributed by atoms with Crippen LogP contribution in [0.15, 0.2) is 53.4 Å². The highest BCUT2D eigenvalue weighted by Crippen LogP contribution is 2.38. The van der Waals surface area contributed by atoms with Gasteiger partial charge in [-0.25, -0.2) is 0 Å². The van der Waals surface area contributed by atoms with Crippen LogP contribution in [0.1, 0.15) is 29.9 Å². The van der Waals surface area contributed by atoms with E-state index in [9.17, 15) is 4.79 Å². The van der Waals surface area contributed by atoms with Crippen LogP contribution in [-0.2, 0) is 13.1 Å². The molecule has 1 N–H and O–H groups in total. The number of nitrogens with one attached hydrogen (secondary N) is 1. The van der Waals surface area contributed by atoms with Gasteiger partial charge in [0.1, 0.15) is 11.4 Å². The van der Waals surface area contributed by atoms with Gasteiger partial charge in [-0.1, -0.05) is 37.3 Å². The van der Waals surface area contributed by atoms with Crippen molar-refractivity contribution in [3.05, 3.63) is 59.8 Å². The van der Waals surface area contributed by atoms with Crippen LogP contribution in [0.5, 0.6) is 5.75 Å². The van der Waals surface area contributed by atoms with E-state index in [-0.39, 0.29) is 5.91 Å². The molecule has 0 bridgehead atoms. The largest absolute Gasteiger partial charge is 0.494 e. The lowest BCUT2D eigenvalue weighted by molar-refractivity contribution is 0.0941. The third kappa shape index (κ3) is 3.07. The zero-order chi connectivity index (χ0) is 18.1. The maximum Gasteiger partial charge on any atom is 0.268 e. The Morgan fingerprint density at radius 2 is 2.12 bits per heavy atom. The summed E-state index contributed by atoms with van der Waals surface area (Å²) >= 11 is 1.88. The van der Waals surface area contributed by atoms with Gasteiger partial charge >= 0.3 is 0 Å². The molecule has 0 saturated carbocycles.